The molecule has 140 valence electrons. The van der Waals surface area contributed by atoms with E-state index in [1.807, 2.05) is 0 Å². The normalized spacial score (nSPS) is 11.6. The Bertz CT molecular complexity index is 1300. The molecule has 0 amide bonds. The van der Waals surface area contributed by atoms with Gasteiger partial charge in [0.05, 0.1) is 11.1 Å². The average Bonchev–Trinajstić information content (AvgIpc) is 3.09. The van der Waals surface area contributed by atoms with Gasteiger partial charge >= 0.3 is 5.97 Å². The molecule has 0 spiro atoms. The summed E-state index contributed by atoms with van der Waals surface area (Å²) in [7, 11) is -4.07. The van der Waals surface area contributed by atoms with E-state index in [4.69, 9.17) is 0 Å². The van der Waals surface area contributed by atoms with Crippen LogP contribution in [-0.2, 0) is 10.0 Å². The summed E-state index contributed by atoms with van der Waals surface area (Å²) in [4.78, 5) is 19.0. The quantitative estimate of drug-likeness (QED) is 0.531. The molecule has 3 aromatic heterocycles. The predicted molar refractivity (Wildman–Crippen MR) is 98.9 cm³/mol. The highest BCUT2D eigenvalue weighted by Gasteiger charge is 2.24. The van der Waals surface area contributed by atoms with Gasteiger partial charge in [0.2, 0.25) is 5.95 Å². The Morgan fingerprint density at radius 3 is 2.50 bits per heavy atom. The molecule has 0 saturated carbocycles. The second kappa shape index (κ2) is 6.54. The zero-order valence-electron chi connectivity index (χ0n) is 14.2. The second-order valence-electron chi connectivity index (χ2n) is 5.94. The van der Waals surface area contributed by atoms with Crippen molar-refractivity contribution in [2.45, 2.75) is 4.90 Å². The molecule has 0 aliphatic heterocycles. The Kier molecular flexibility index (Phi) is 4.16. The lowest BCUT2D eigenvalue weighted by molar-refractivity contribution is 0.0699. The lowest BCUT2D eigenvalue weighted by Crippen LogP contribution is -2.12. The van der Waals surface area contributed by atoms with Crippen molar-refractivity contribution in [3.63, 3.8) is 0 Å². The zero-order chi connectivity index (χ0) is 19.9. The van der Waals surface area contributed by atoms with Crippen molar-refractivity contribution in [3.8, 4) is 11.1 Å². The number of hydrogen-bond donors (Lipinski definition) is 1. The molecule has 0 bridgehead atoms. The third-order valence-corrected chi connectivity index (χ3v) is 5.91. The first-order chi connectivity index (χ1) is 13.4. The van der Waals surface area contributed by atoms with Crippen LogP contribution in [0.5, 0.6) is 0 Å². The Morgan fingerprint density at radius 2 is 1.86 bits per heavy atom. The zero-order valence-corrected chi connectivity index (χ0v) is 15.0. The van der Waals surface area contributed by atoms with E-state index in [-0.39, 0.29) is 21.4 Å². The number of pyridine rings is 2. The Balaban J connectivity index is 1.99. The van der Waals surface area contributed by atoms with Crippen molar-refractivity contribution in [1.29, 1.82) is 0 Å². The highest BCUT2D eigenvalue weighted by atomic mass is 32.2. The fourth-order valence-electron chi connectivity index (χ4n) is 2.91. The van der Waals surface area contributed by atoms with Gasteiger partial charge in [-0.05, 0) is 35.9 Å². The molecule has 7 nitrogen and oxygen atoms in total. The van der Waals surface area contributed by atoms with Crippen LogP contribution in [-0.4, -0.2) is 33.4 Å². The molecule has 0 fully saturated rings. The maximum atomic E-state index is 13.1. The summed E-state index contributed by atoms with van der Waals surface area (Å²) >= 11 is 0. The molecule has 1 N–H and O–H groups in total. The van der Waals surface area contributed by atoms with Crippen LogP contribution in [0.3, 0.4) is 0 Å². The number of aromatic nitrogens is 3. The summed E-state index contributed by atoms with van der Waals surface area (Å²) in [6.07, 6.45) is 5.02. The van der Waals surface area contributed by atoms with Gasteiger partial charge in [-0.15, -0.1) is 0 Å². The number of carbonyl (C=O) groups is 1. The summed E-state index contributed by atoms with van der Waals surface area (Å²) in [6.45, 7) is 0. The number of fused-ring (bicyclic) bond motifs is 1. The Hall–Kier alpha value is -3.59. The summed E-state index contributed by atoms with van der Waals surface area (Å²) < 4.78 is 40.1. The summed E-state index contributed by atoms with van der Waals surface area (Å²) in [5.74, 6) is -1.89. The first kappa shape index (κ1) is 17.8. The van der Waals surface area contributed by atoms with Gasteiger partial charge in [0.1, 0.15) is 4.90 Å². The van der Waals surface area contributed by atoms with Gasteiger partial charge in [-0.2, -0.15) is 4.39 Å². The summed E-state index contributed by atoms with van der Waals surface area (Å²) in [5, 5.41) is 9.74. The van der Waals surface area contributed by atoms with Crippen molar-refractivity contribution >= 4 is 26.9 Å². The van der Waals surface area contributed by atoms with Gasteiger partial charge in [-0.1, -0.05) is 12.1 Å². The minimum atomic E-state index is -4.07. The van der Waals surface area contributed by atoms with Crippen LogP contribution in [0.2, 0.25) is 0 Å². The number of halogens is 1. The fraction of sp³-hybridized carbons (Fsp3) is 0. The Morgan fingerprint density at radius 1 is 1.07 bits per heavy atom. The van der Waals surface area contributed by atoms with Crippen LogP contribution in [0.4, 0.5) is 4.39 Å². The fourth-order valence-corrected chi connectivity index (χ4v) is 4.23. The molecule has 3 heterocycles. The van der Waals surface area contributed by atoms with E-state index >= 15 is 0 Å². The van der Waals surface area contributed by atoms with Crippen molar-refractivity contribution in [2.24, 2.45) is 0 Å². The molecule has 0 atom stereocenters. The molecule has 0 saturated heterocycles. The molecular formula is C19H12FN3O4S. The van der Waals surface area contributed by atoms with E-state index in [1.165, 1.54) is 55.0 Å². The van der Waals surface area contributed by atoms with E-state index in [0.717, 1.165) is 10.2 Å². The monoisotopic (exact) mass is 397 g/mol. The number of benzene rings is 1. The van der Waals surface area contributed by atoms with Gasteiger partial charge in [-0.3, -0.25) is 4.98 Å². The van der Waals surface area contributed by atoms with Crippen LogP contribution in [0.1, 0.15) is 10.4 Å². The predicted octanol–water partition coefficient (Wildman–Crippen LogP) is 3.17. The minimum Gasteiger partial charge on any atom is -0.478 e. The standard InChI is InChI=1S/C19H12FN3O4S/c20-18-6-4-13(9-22-18)12-3-5-15-16(19(24)25)11-23(17(15)8-12)28(26,27)14-2-1-7-21-10-14/h1-11H,(H,24,25). The third-order valence-electron chi connectivity index (χ3n) is 4.25. The number of aromatic carboxylic acids is 1. The van der Waals surface area contributed by atoms with Gasteiger partial charge in [-0.25, -0.2) is 22.2 Å². The summed E-state index contributed by atoms with van der Waals surface area (Å²) in [6, 6.07) is 10.2. The topological polar surface area (TPSA) is 102 Å². The van der Waals surface area contributed by atoms with Crippen molar-refractivity contribution < 1.29 is 22.7 Å². The third kappa shape index (κ3) is 2.91. The summed E-state index contributed by atoms with van der Waals surface area (Å²) in [5.41, 5.74) is 1.17. The van der Waals surface area contributed by atoms with E-state index in [2.05, 4.69) is 9.97 Å². The maximum Gasteiger partial charge on any atom is 0.337 e. The molecular weight excluding hydrogens is 385 g/mol. The molecule has 0 aliphatic rings. The number of carboxylic acids is 1. The molecule has 28 heavy (non-hydrogen) atoms. The highest BCUT2D eigenvalue weighted by Crippen LogP contribution is 2.30. The van der Waals surface area contributed by atoms with Crippen molar-refractivity contribution in [2.75, 3.05) is 0 Å². The number of rotatable bonds is 4. The minimum absolute atomic E-state index is 0.0716. The molecule has 1 aromatic carbocycles. The molecule has 0 radical (unpaired) electrons. The van der Waals surface area contributed by atoms with E-state index < -0.39 is 21.9 Å². The number of carboxylic acid groups (broad SMARTS) is 1. The van der Waals surface area contributed by atoms with Gasteiger partial charge in [0.15, 0.2) is 0 Å². The lowest BCUT2D eigenvalue weighted by atomic mass is 10.0. The lowest BCUT2D eigenvalue weighted by Gasteiger charge is -2.08. The van der Waals surface area contributed by atoms with E-state index in [9.17, 15) is 22.7 Å². The number of hydrogen-bond acceptors (Lipinski definition) is 5. The molecule has 0 unspecified atom stereocenters. The van der Waals surface area contributed by atoms with Crippen LogP contribution in [0, 0.1) is 5.95 Å². The smallest absolute Gasteiger partial charge is 0.337 e. The van der Waals surface area contributed by atoms with Crippen LogP contribution >= 0.6 is 0 Å². The molecule has 9 heteroatoms. The average molecular weight is 397 g/mol. The first-order valence-corrected chi connectivity index (χ1v) is 9.48. The molecule has 4 aromatic rings. The number of nitrogens with zero attached hydrogens (tertiary/aromatic N) is 3. The maximum absolute atomic E-state index is 13.1. The van der Waals surface area contributed by atoms with Crippen LogP contribution in [0.25, 0.3) is 22.0 Å². The van der Waals surface area contributed by atoms with Crippen molar-refractivity contribution in [1.82, 2.24) is 13.9 Å². The van der Waals surface area contributed by atoms with Crippen LogP contribution < -0.4 is 0 Å². The second-order valence-corrected chi connectivity index (χ2v) is 7.75. The van der Waals surface area contributed by atoms with Gasteiger partial charge < -0.3 is 5.11 Å². The van der Waals surface area contributed by atoms with Gasteiger partial charge in [0, 0.05) is 35.7 Å². The first-order valence-electron chi connectivity index (χ1n) is 8.04. The SMILES string of the molecule is O=C(O)c1cn(S(=O)(=O)c2cccnc2)c2cc(-c3ccc(F)nc3)ccc12. The largest absolute Gasteiger partial charge is 0.478 e. The van der Waals surface area contributed by atoms with E-state index in [0.29, 0.717) is 11.1 Å². The highest BCUT2D eigenvalue weighted by molar-refractivity contribution is 7.90. The van der Waals surface area contributed by atoms with Gasteiger partial charge in [0.25, 0.3) is 10.0 Å². The van der Waals surface area contributed by atoms with Crippen LogP contribution in [0.15, 0.2) is 72.1 Å². The van der Waals surface area contributed by atoms with E-state index in [1.54, 1.807) is 6.07 Å². The Labute approximate surface area is 158 Å². The van der Waals surface area contributed by atoms with Crippen molar-refractivity contribution in [3.05, 3.63) is 78.8 Å². The molecule has 4 rings (SSSR count). The molecule has 0 aliphatic carbocycles.